The average Bonchev–Trinajstić information content (AvgIpc) is 2.46. The number of nitriles is 1. The second-order valence-corrected chi connectivity index (χ2v) is 4.83. The summed E-state index contributed by atoms with van der Waals surface area (Å²) >= 11 is 6.33. The lowest BCUT2D eigenvalue weighted by Crippen LogP contribution is -2.14. The van der Waals surface area contributed by atoms with Crippen molar-refractivity contribution < 1.29 is 9.84 Å². The molecule has 16 heavy (non-hydrogen) atoms. The summed E-state index contributed by atoms with van der Waals surface area (Å²) < 4.78 is 7.67. The SMILES string of the molecule is CC(C#N)Oc1nn(C[C@H](C)O)c(I)c1S. The second-order valence-electron chi connectivity index (χ2n) is 3.36. The number of halogens is 1. The van der Waals surface area contributed by atoms with E-state index in [1.54, 1.807) is 18.5 Å². The molecule has 1 unspecified atom stereocenters. The molecule has 5 nitrogen and oxygen atoms in total. The summed E-state index contributed by atoms with van der Waals surface area (Å²) in [5.41, 5.74) is 0. The van der Waals surface area contributed by atoms with Gasteiger partial charge in [0, 0.05) is 0 Å². The van der Waals surface area contributed by atoms with E-state index >= 15 is 0 Å². The van der Waals surface area contributed by atoms with Crippen molar-refractivity contribution in [3.8, 4) is 11.9 Å². The highest BCUT2D eigenvalue weighted by molar-refractivity contribution is 14.1. The molecule has 1 heterocycles. The van der Waals surface area contributed by atoms with Gasteiger partial charge in [-0.25, -0.2) is 0 Å². The van der Waals surface area contributed by atoms with E-state index in [0.29, 0.717) is 17.3 Å². The normalized spacial score (nSPS) is 14.2. The summed E-state index contributed by atoms with van der Waals surface area (Å²) in [6.07, 6.45) is -1.07. The molecule has 0 aliphatic carbocycles. The van der Waals surface area contributed by atoms with Crippen molar-refractivity contribution in [1.82, 2.24) is 9.78 Å². The van der Waals surface area contributed by atoms with Crippen LogP contribution in [0.25, 0.3) is 0 Å². The molecule has 0 amide bonds. The molecule has 0 radical (unpaired) electrons. The van der Waals surface area contributed by atoms with E-state index in [2.05, 4.69) is 40.3 Å². The van der Waals surface area contributed by atoms with Crippen molar-refractivity contribution in [1.29, 1.82) is 5.26 Å². The molecule has 0 aliphatic heterocycles. The Labute approximate surface area is 113 Å². The fourth-order valence-electron chi connectivity index (χ4n) is 1.06. The summed E-state index contributed by atoms with van der Waals surface area (Å²) in [4.78, 5) is 0.586. The fraction of sp³-hybridized carbons (Fsp3) is 0.556. The zero-order chi connectivity index (χ0) is 12.3. The van der Waals surface area contributed by atoms with Crippen LogP contribution in [0.2, 0.25) is 0 Å². The third-order valence-corrected chi connectivity index (χ3v) is 3.67. The van der Waals surface area contributed by atoms with Gasteiger partial charge in [0.1, 0.15) is 9.77 Å². The Bertz CT molecular complexity index is 414. The monoisotopic (exact) mass is 353 g/mol. The van der Waals surface area contributed by atoms with Crippen molar-refractivity contribution in [3.63, 3.8) is 0 Å². The summed E-state index contributed by atoms with van der Waals surface area (Å²) in [6, 6.07) is 1.95. The summed E-state index contributed by atoms with van der Waals surface area (Å²) in [5.74, 6) is 0.322. The van der Waals surface area contributed by atoms with Gasteiger partial charge in [0.05, 0.1) is 17.5 Å². The van der Waals surface area contributed by atoms with Crippen molar-refractivity contribution in [2.45, 2.75) is 37.5 Å². The van der Waals surface area contributed by atoms with Gasteiger partial charge in [0.25, 0.3) is 0 Å². The van der Waals surface area contributed by atoms with Crippen LogP contribution in [0.3, 0.4) is 0 Å². The smallest absolute Gasteiger partial charge is 0.248 e. The van der Waals surface area contributed by atoms with E-state index in [-0.39, 0.29) is 0 Å². The Kier molecular flexibility index (Phi) is 4.89. The van der Waals surface area contributed by atoms with E-state index in [0.717, 1.165) is 3.70 Å². The third kappa shape index (κ3) is 3.26. The Balaban J connectivity index is 2.92. The minimum atomic E-state index is -0.573. The largest absolute Gasteiger partial charge is 0.457 e. The van der Waals surface area contributed by atoms with Gasteiger partial charge in [-0.3, -0.25) is 4.68 Å². The van der Waals surface area contributed by atoms with Gasteiger partial charge in [-0.15, -0.1) is 17.7 Å². The number of aromatic nitrogens is 2. The van der Waals surface area contributed by atoms with E-state index in [4.69, 9.17) is 10.00 Å². The van der Waals surface area contributed by atoms with Crippen molar-refractivity contribution in [3.05, 3.63) is 3.70 Å². The minimum Gasteiger partial charge on any atom is -0.457 e. The molecule has 0 saturated carbocycles. The molecule has 0 saturated heterocycles. The van der Waals surface area contributed by atoms with Crippen LogP contribution in [0.5, 0.6) is 5.88 Å². The van der Waals surface area contributed by atoms with Gasteiger partial charge in [0.2, 0.25) is 5.88 Å². The van der Waals surface area contributed by atoms with Crippen LogP contribution in [0, 0.1) is 15.0 Å². The molecule has 1 N–H and O–H groups in total. The molecule has 2 atom stereocenters. The van der Waals surface area contributed by atoms with Crippen molar-refractivity contribution in [2.24, 2.45) is 0 Å². The molecule has 0 bridgehead atoms. The molecular formula is C9H12IN3O2S. The number of hydrogen-bond donors (Lipinski definition) is 2. The molecule has 0 spiro atoms. The number of aliphatic hydroxyl groups is 1. The molecule has 1 aromatic heterocycles. The molecule has 0 aromatic carbocycles. The zero-order valence-corrected chi connectivity index (χ0v) is 11.9. The van der Waals surface area contributed by atoms with Gasteiger partial charge in [0.15, 0.2) is 6.10 Å². The average molecular weight is 353 g/mol. The Morgan fingerprint density at radius 3 is 2.81 bits per heavy atom. The van der Waals surface area contributed by atoms with E-state index in [1.165, 1.54) is 0 Å². The molecule has 7 heteroatoms. The first-order chi connectivity index (χ1) is 7.45. The number of rotatable bonds is 4. The summed E-state index contributed by atoms with van der Waals surface area (Å²) in [5, 5.41) is 22.0. The number of thiol groups is 1. The number of nitrogens with zero attached hydrogens (tertiary/aromatic N) is 3. The molecule has 0 aliphatic rings. The minimum absolute atomic E-state index is 0.322. The predicted molar refractivity (Wildman–Crippen MR) is 69.6 cm³/mol. The van der Waals surface area contributed by atoms with Gasteiger partial charge in [-0.1, -0.05) is 0 Å². The van der Waals surface area contributed by atoms with Gasteiger partial charge in [-0.2, -0.15) is 5.26 Å². The lowest BCUT2D eigenvalue weighted by Gasteiger charge is -2.05. The number of ether oxygens (including phenoxy) is 1. The van der Waals surface area contributed by atoms with Gasteiger partial charge < -0.3 is 9.84 Å². The Hall–Kier alpha value is -0.460. The van der Waals surface area contributed by atoms with Crippen LogP contribution >= 0.6 is 35.2 Å². The first-order valence-corrected chi connectivity index (χ1v) is 6.18. The maximum Gasteiger partial charge on any atom is 0.248 e. The summed E-state index contributed by atoms with van der Waals surface area (Å²) in [7, 11) is 0. The molecule has 1 rings (SSSR count). The van der Waals surface area contributed by atoms with Gasteiger partial charge in [-0.05, 0) is 36.4 Å². The Morgan fingerprint density at radius 1 is 1.69 bits per heavy atom. The quantitative estimate of drug-likeness (QED) is 0.635. The number of aliphatic hydroxyl groups excluding tert-OH is 1. The van der Waals surface area contributed by atoms with Gasteiger partial charge >= 0.3 is 0 Å². The highest BCUT2D eigenvalue weighted by atomic mass is 127. The maximum atomic E-state index is 9.28. The predicted octanol–water partition coefficient (Wildman–Crippen LogP) is 1.45. The molecule has 1 aromatic rings. The van der Waals surface area contributed by atoms with Crippen LogP contribution < -0.4 is 4.74 Å². The maximum absolute atomic E-state index is 9.28. The molecule has 0 fully saturated rings. The van der Waals surface area contributed by atoms with Crippen LogP contribution in [-0.2, 0) is 6.54 Å². The Morgan fingerprint density at radius 2 is 2.31 bits per heavy atom. The van der Waals surface area contributed by atoms with E-state index in [9.17, 15) is 5.11 Å². The fourth-order valence-corrected chi connectivity index (χ4v) is 1.80. The topological polar surface area (TPSA) is 71.1 Å². The standard InChI is InChI=1S/C9H12IN3O2S/c1-5(14)4-13-8(10)7(16)9(12-13)15-6(2)3-11/h5-6,14,16H,4H2,1-2H3/t5-,6?/m0/s1. The highest BCUT2D eigenvalue weighted by Crippen LogP contribution is 2.27. The van der Waals surface area contributed by atoms with Crippen LogP contribution in [0.4, 0.5) is 0 Å². The van der Waals surface area contributed by atoms with E-state index < -0.39 is 12.2 Å². The van der Waals surface area contributed by atoms with Crippen LogP contribution in [0.15, 0.2) is 4.90 Å². The van der Waals surface area contributed by atoms with Crippen molar-refractivity contribution >= 4 is 35.2 Å². The van der Waals surface area contributed by atoms with Crippen molar-refractivity contribution in [2.75, 3.05) is 0 Å². The van der Waals surface area contributed by atoms with Crippen LogP contribution in [-0.4, -0.2) is 27.1 Å². The second kappa shape index (κ2) is 5.75. The highest BCUT2D eigenvalue weighted by Gasteiger charge is 2.17. The van der Waals surface area contributed by atoms with E-state index in [1.807, 2.05) is 6.07 Å². The van der Waals surface area contributed by atoms with Crippen LogP contribution in [0.1, 0.15) is 13.8 Å². The number of hydrogen-bond acceptors (Lipinski definition) is 5. The third-order valence-electron chi connectivity index (χ3n) is 1.74. The first-order valence-electron chi connectivity index (χ1n) is 4.65. The summed E-state index contributed by atoms with van der Waals surface area (Å²) in [6.45, 7) is 3.68. The first kappa shape index (κ1) is 13.6. The zero-order valence-electron chi connectivity index (χ0n) is 8.88. The lowest BCUT2D eigenvalue weighted by atomic mass is 10.4. The molecular weight excluding hydrogens is 341 g/mol. The molecule has 88 valence electrons. The lowest BCUT2D eigenvalue weighted by molar-refractivity contribution is 0.165.